The van der Waals surface area contributed by atoms with Gasteiger partial charge in [-0.3, -0.25) is 0 Å². The maximum absolute atomic E-state index is 11.8. The summed E-state index contributed by atoms with van der Waals surface area (Å²) in [5.41, 5.74) is -0.556. The largest absolute Gasteiger partial charge is 0.390 e. The quantitative estimate of drug-likeness (QED) is 0.785. The van der Waals surface area contributed by atoms with Crippen LogP contribution in [0.25, 0.3) is 0 Å². The van der Waals surface area contributed by atoms with Crippen molar-refractivity contribution in [2.45, 2.75) is 51.3 Å². The van der Waals surface area contributed by atoms with Crippen LogP contribution in [0.5, 0.6) is 0 Å². The Balaban J connectivity index is 5.40. The van der Waals surface area contributed by atoms with E-state index in [2.05, 4.69) is 0 Å². The van der Waals surface area contributed by atoms with E-state index in [9.17, 15) is 13.5 Å². The maximum atomic E-state index is 11.8. The standard InChI is InChI=1S/C10H21ClO3S/c1-6-10(11,15(13,14)7-2)8(12)9(3,4)5/h8,12H,6-7H2,1-5H3/t8-,10-/m0/s1. The van der Waals surface area contributed by atoms with Gasteiger partial charge in [0, 0.05) is 5.75 Å². The van der Waals surface area contributed by atoms with Gasteiger partial charge in [-0.1, -0.05) is 46.2 Å². The Bertz CT molecular complexity index is 305. The van der Waals surface area contributed by atoms with Gasteiger partial charge < -0.3 is 5.11 Å². The summed E-state index contributed by atoms with van der Waals surface area (Å²) in [6, 6.07) is 0. The van der Waals surface area contributed by atoms with Crippen LogP contribution in [-0.4, -0.2) is 29.6 Å². The molecule has 2 atom stereocenters. The van der Waals surface area contributed by atoms with Crippen molar-refractivity contribution in [3.8, 4) is 0 Å². The number of halogens is 1. The van der Waals surface area contributed by atoms with E-state index in [4.69, 9.17) is 11.6 Å². The Kier molecular flexibility index (Phi) is 4.66. The molecule has 0 aromatic carbocycles. The first-order valence-corrected chi connectivity index (χ1v) is 7.15. The highest BCUT2D eigenvalue weighted by molar-refractivity contribution is 7.94. The van der Waals surface area contributed by atoms with Crippen molar-refractivity contribution in [2.24, 2.45) is 5.41 Å². The summed E-state index contributed by atoms with van der Waals surface area (Å²) in [5, 5.41) is 10.1. The number of alkyl halides is 1. The molecule has 0 saturated carbocycles. The lowest BCUT2D eigenvalue weighted by Gasteiger charge is -2.38. The van der Waals surface area contributed by atoms with Gasteiger partial charge in [0.15, 0.2) is 14.0 Å². The van der Waals surface area contributed by atoms with Crippen molar-refractivity contribution in [3.05, 3.63) is 0 Å². The van der Waals surface area contributed by atoms with Crippen LogP contribution in [0.1, 0.15) is 41.0 Å². The molecule has 0 aliphatic rings. The van der Waals surface area contributed by atoms with E-state index in [1.165, 1.54) is 6.92 Å². The Morgan fingerprint density at radius 3 is 1.87 bits per heavy atom. The monoisotopic (exact) mass is 256 g/mol. The molecule has 0 heterocycles. The van der Waals surface area contributed by atoms with Crippen LogP contribution in [0.3, 0.4) is 0 Å². The molecule has 0 spiro atoms. The third-order valence-corrected chi connectivity index (χ3v) is 6.09. The second-order valence-electron chi connectivity index (χ2n) is 4.81. The van der Waals surface area contributed by atoms with Crippen molar-refractivity contribution in [3.63, 3.8) is 0 Å². The van der Waals surface area contributed by atoms with E-state index in [1.54, 1.807) is 27.7 Å². The molecule has 0 rings (SSSR count). The Hall–Kier alpha value is 0.200. The van der Waals surface area contributed by atoms with Crippen molar-refractivity contribution < 1.29 is 13.5 Å². The summed E-state index contributed by atoms with van der Waals surface area (Å²) < 4.78 is 22.1. The highest BCUT2D eigenvalue weighted by Crippen LogP contribution is 2.39. The first-order valence-electron chi connectivity index (χ1n) is 5.12. The average molecular weight is 257 g/mol. The molecule has 3 nitrogen and oxygen atoms in total. The van der Waals surface area contributed by atoms with E-state index >= 15 is 0 Å². The third-order valence-electron chi connectivity index (χ3n) is 2.61. The first-order chi connectivity index (χ1) is 6.53. The summed E-state index contributed by atoms with van der Waals surface area (Å²) >= 11 is 6.11. The van der Waals surface area contributed by atoms with E-state index in [-0.39, 0.29) is 12.2 Å². The lowest BCUT2D eigenvalue weighted by atomic mass is 9.86. The molecule has 0 saturated heterocycles. The minimum absolute atomic E-state index is 0.0581. The molecule has 0 aromatic heterocycles. The average Bonchev–Trinajstić information content (AvgIpc) is 2.13. The first kappa shape index (κ1) is 15.2. The molecule has 1 N–H and O–H groups in total. The molecule has 15 heavy (non-hydrogen) atoms. The normalized spacial score (nSPS) is 19.7. The zero-order valence-electron chi connectivity index (χ0n) is 10.0. The maximum Gasteiger partial charge on any atom is 0.172 e. The summed E-state index contributed by atoms with van der Waals surface area (Å²) in [6.07, 6.45) is -0.884. The van der Waals surface area contributed by atoms with E-state index in [0.717, 1.165) is 0 Å². The van der Waals surface area contributed by atoms with Crippen LogP contribution in [0, 0.1) is 5.41 Å². The minimum Gasteiger partial charge on any atom is -0.390 e. The molecular weight excluding hydrogens is 236 g/mol. The Labute approximate surface area is 97.7 Å². The number of hydrogen-bond acceptors (Lipinski definition) is 3. The Morgan fingerprint density at radius 2 is 1.67 bits per heavy atom. The van der Waals surface area contributed by atoms with Gasteiger partial charge in [-0.2, -0.15) is 0 Å². The van der Waals surface area contributed by atoms with Gasteiger partial charge in [0.2, 0.25) is 0 Å². The van der Waals surface area contributed by atoms with Crippen molar-refractivity contribution in [2.75, 3.05) is 5.75 Å². The highest BCUT2D eigenvalue weighted by Gasteiger charge is 2.50. The summed E-state index contributed by atoms with van der Waals surface area (Å²) in [4.78, 5) is 0. The molecule has 0 bridgehead atoms. The van der Waals surface area contributed by atoms with Crippen molar-refractivity contribution in [1.29, 1.82) is 0 Å². The molecule has 5 heteroatoms. The molecule has 0 unspecified atom stereocenters. The molecule has 0 aliphatic carbocycles. The lowest BCUT2D eigenvalue weighted by Crippen LogP contribution is -2.50. The van der Waals surface area contributed by atoms with Gasteiger partial charge in [0.1, 0.15) is 0 Å². The molecule has 0 amide bonds. The van der Waals surface area contributed by atoms with E-state index in [1.807, 2.05) is 0 Å². The molecule has 0 aromatic rings. The summed E-state index contributed by atoms with van der Waals surface area (Å²) in [5.74, 6) is -0.0581. The third kappa shape index (κ3) is 2.86. The van der Waals surface area contributed by atoms with Crippen LogP contribution < -0.4 is 0 Å². The molecular formula is C10H21ClO3S. The van der Waals surface area contributed by atoms with Gasteiger partial charge in [-0.15, -0.1) is 0 Å². The van der Waals surface area contributed by atoms with Gasteiger partial charge in [-0.25, -0.2) is 8.42 Å². The summed E-state index contributed by atoms with van der Waals surface area (Å²) in [7, 11) is -3.48. The van der Waals surface area contributed by atoms with Crippen molar-refractivity contribution >= 4 is 21.4 Å². The smallest absolute Gasteiger partial charge is 0.172 e. The highest BCUT2D eigenvalue weighted by atomic mass is 35.5. The van der Waals surface area contributed by atoms with Crippen molar-refractivity contribution in [1.82, 2.24) is 0 Å². The van der Waals surface area contributed by atoms with Gasteiger partial charge in [-0.05, 0) is 11.8 Å². The molecule has 0 aliphatic heterocycles. The fourth-order valence-electron chi connectivity index (χ4n) is 1.47. The Morgan fingerprint density at radius 1 is 1.27 bits per heavy atom. The van der Waals surface area contributed by atoms with Crippen LogP contribution >= 0.6 is 11.6 Å². The number of aliphatic hydroxyl groups is 1. The lowest BCUT2D eigenvalue weighted by molar-refractivity contribution is 0.0468. The number of sulfone groups is 1. The molecule has 0 fully saturated rings. The van der Waals surface area contributed by atoms with Gasteiger partial charge in [0.25, 0.3) is 0 Å². The predicted octanol–water partition coefficient (Wildman–Crippen LogP) is 2.17. The second kappa shape index (κ2) is 4.60. The van der Waals surface area contributed by atoms with Crippen LogP contribution in [-0.2, 0) is 9.84 Å². The van der Waals surface area contributed by atoms with E-state index < -0.39 is 25.6 Å². The zero-order valence-corrected chi connectivity index (χ0v) is 11.6. The van der Waals surface area contributed by atoms with Gasteiger partial charge in [0.05, 0.1) is 6.10 Å². The number of hydrogen-bond donors (Lipinski definition) is 1. The van der Waals surface area contributed by atoms with Gasteiger partial charge >= 0.3 is 0 Å². The zero-order chi connectivity index (χ0) is 12.5. The number of aliphatic hydroxyl groups excluding tert-OH is 1. The van der Waals surface area contributed by atoms with E-state index in [0.29, 0.717) is 0 Å². The topological polar surface area (TPSA) is 54.4 Å². The predicted molar refractivity (Wildman–Crippen MR) is 63.8 cm³/mol. The SMILES string of the molecule is CC[C@@](Cl)([C@@H](O)C(C)(C)C)S(=O)(=O)CC. The molecule has 0 radical (unpaired) electrons. The molecule has 92 valence electrons. The number of rotatable bonds is 4. The fraction of sp³-hybridized carbons (Fsp3) is 1.00. The minimum atomic E-state index is -3.48. The summed E-state index contributed by atoms with van der Waals surface area (Å²) in [6.45, 7) is 8.54. The van der Waals surface area contributed by atoms with Crippen LogP contribution in [0.15, 0.2) is 0 Å². The van der Waals surface area contributed by atoms with Crippen LogP contribution in [0.2, 0.25) is 0 Å². The fourth-order valence-corrected chi connectivity index (χ4v) is 3.74. The van der Waals surface area contributed by atoms with Crippen LogP contribution in [0.4, 0.5) is 0 Å². The second-order valence-corrected chi connectivity index (χ2v) is 8.25.